The van der Waals surface area contributed by atoms with E-state index in [1.54, 1.807) is 0 Å². The summed E-state index contributed by atoms with van der Waals surface area (Å²) in [4.78, 5) is 4.47. The Balaban J connectivity index is 2.92. The summed E-state index contributed by atoms with van der Waals surface area (Å²) in [7, 11) is 0. The van der Waals surface area contributed by atoms with Crippen LogP contribution in [0.4, 0.5) is 0 Å². The van der Waals surface area contributed by atoms with Crippen LogP contribution in [0.15, 0.2) is 24.4 Å². The van der Waals surface area contributed by atoms with Crippen molar-refractivity contribution in [1.29, 1.82) is 0 Å². The summed E-state index contributed by atoms with van der Waals surface area (Å²) < 4.78 is 6.00. The second kappa shape index (κ2) is 6.64. The molecule has 1 atom stereocenters. The van der Waals surface area contributed by atoms with E-state index in [1.165, 1.54) is 12.8 Å². The highest BCUT2D eigenvalue weighted by molar-refractivity contribution is 5.13. The highest BCUT2D eigenvalue weighted by Crippen LogP contribution is 2.33. The summed E-state index contributed by atoms with van der Waals surface area (Å²) in [5.41, 5.74) is 0.902. The molecule has 1 unspecified atom stereocenters. The number of ether oxygens (including phenoxy) is 1. The molecule has 16 heavy (non-hydrogen) atoms. The molecule has 0 aliphatic carbocycles. The smallest absolute Gasteiger partial charge is 0.110 e. The van der Waals surface area contributed by atoms with Crippen LogP contribution in [0.1, 0.15) is 52.1 Å². The van der Waals surface area contributed by atoms with Crippen molar-refractivity contribution in [3.63, 3.8) is 0 Å². The van der Waals surface area contributed by atoms with E-state index in [0.717, 1.165) is 25.1 Å². The van der Waals surface area contributed by atoms with Gasteiger partial charge in [0.15, 0.2) is 0 Å². The summed E-state index contributed by atoms with van der Waals surface area (Å²) in [5.74, 6) is 0. The van der Waals surface area contributed by atoms with E-state index < -0.39 is 0 Å². The molecule has 0 aliphatic heterocycles. The molecule has 2 heteroatoms. The average Bonchev–Trinajstić information content (AvgIpc) is 2.36. The zero-order valence-electron chi connectivity index (χ0n) is 10.7. The lowest BCUT2D eigenvalue weighted by Crippen LogP contribution is -2.30. The molecule has 0 saturated carbocycles. The molecule has 0 fully saturated rings. The normalized spacial score (nSPS) is 14.7. The van der Waals surface area contributed by atoms with Gasteiger partial charge in [0.2, 0.25) is 0 Å². The van der Waals surface area contributed by atoms with Gasteiger partial charge in [-0.1, -0.05) is 32.8 Å². The molecule has 0 aliphatic rings. The van der Waals surface area contributed by atoms with Crippen molar-refractivity contribution in [3.8, 4) is 0 Å². The molecule has 1 aromatic rings. The molecule has 0 aromatic carbocycles. The minimum Gasteiger partial charge on any atom is -0.369 e. The number of hydrogen-bond acceptors (Lipinski definition) is 2. The van der Waals surface area contributed by atoms with Crippen molar-refractivity contribution in [2.75, 3.05) is 6.61 Å². The van der Waals surface area contributed by atoms with Gasteiger partial charge in [-0.25, -0.2) is 0 Å². The fraction of sp³-hybridized carbons (Fsp3) is 0.643. The standard InChI is InChI=1S/C14H23NO/c1-4-7-11-14(5-2,16-6-3)13-10-8-9-12-15-13/h8-10,12H,4-7,11H2,1-3H3. The lowest BCUT2D eigenvalue weighted by atomic mass is 9.89. The van der Waals surface area contributed by atoms with Gasteiger partial charge in [0.25, 0.3) is 0 Å². The maximum absolute atomic E-state index is 6.00. The number of rotatable bonds is 7. The first-order valence-electron chi connectivity index (χ1n) is 6.34. The molecule has 1 rings (SSSR count). The van der Waals surface area contributed by atoms with E-state index >= 15 is 0 Å². The van der Waals surface area contributed by atoms with Crippen LogP contribution in [0.5, 0.6) is 0 Å². The van der Waals surface area contributed by atoms with E-state index in [2.05, 4.69) is 31.8 Å². The third-order valence-electron chi connectivity index (χ3n) is 3.06. The van der Waals surface area contributed by atoms with Crippen molar-refractivity contribution in [2.24, 2.45) is 0 Å². The lowest BCUT2D eigenvalue weighted by molar-refractivity contribution is -0.0585. The molecule has 0 N–H and O–H groups in total. The Hall–Kier alpha value is -0.890. The monoisotopic (exact) mass is 221 g/mol. The Bertz CT molecular complexity index is 286. The minimum atomic E-state index is -0.175. The van der Waals surface area contributed by atoms with Gasteiger partial charge in [0, 0.05) is 12.8 Å². The Morgan fingerprint density at radius 2 is 2.06 bits per heavy atom. The molecule has 0 radical (unpaired) electrons. The zero-order chi connectivity index (χ0) is 11.9. The molecule has 90 valence electrons. The van der Waals surface area contributed by atoms with Crippen LogP contribution in [0, 0.1) is 0 Å². The van der Waals surface area contributed by atoms with Crippen molar-refractivity contribution in [1.82, 2.24) is 4.98 Å². The minimum absolute atomic E-state index is 0.175. The summed E-state index contributed by atoms with van der Waals surface area (Å²) in [6.45, 7) is 7.19. The number of pyridine rings is 1. The van der Waals surface area contributed by atoms with Crippen LogP contribution in [0.2, 0.25) is 0 Å². The molecule has 0 spiro atoms. The lowest BCUT2D eigenvalue weighted by Gasteiger charge is -2.32. The molecule has 0 bridgehead atoms. The number of aromatic nitrogens is 1. The molecule has 2 nitrogen and oxygen atoms in total. The molecular weight excluding hydrogens is 198 g/mol. The molecule has 1 aromatic heterocycles. The van der Waals surface area contributed by atoms with Crippen LogP contribution in [-0.2, 0) is 10.3 Å². The summed E-state index contributed by atoms with van der Waals surface area (Å²) >= 11 is 0. The highest BCUT2D eigenvalue weighted by atomic mass is 16.5. The SMILES string of the molecule is CCCCC(CC)(OCC)c1ccccn1. The van der Waals surface area contributed by atoms with Gasteiger partial charge in [0.1, 0.15) is 5.60 Å². The summed E-state index contributed by atoms with van der Waals surface area (Å²) in [6, 6.07) is 6.07. The predicted octanol–water partition coefficient (Wildman–Crippen LogP) is 3.91. The summed E-state index contributed by atoms with van der Waals surface area (Å²) in [6.07, 6.45) is 6.28. The zero-order valence-corrected chi connectivity index (χ0v) is 10.7. The average molecular weight is 221 g/mol. The first kappa shape index (κ1) is 13.2. The predicted molar refractivity (Wildman–Crippen MR) is 67.4 cm³/mol. The van der Waals surface area contributed by atoms with Crippen LogP contribution in [0.25, 0.3) is 0 Å². The maximum atomic E-state index is 6.00. The second-order valence-corrected chi connectivity index (χ2v) is 4.10. The van der Waals surface area contributed by atoms with E-state index in [4.69, 9.17) is 4.74 Å². The van der Waals surface area contributed by atoms with Gasteiger partial charge in [-0.2, -0.15) is 0 Å². The molecular formula is C14H23NO. The first-order valence-corrected chi connectivity index (χ1v) is 6.34. The Kier molecular flexibility index (Phi) is 5.47. The molecule has 0 amide bonds. The van der Waals surface area contributed by atoms with Crippen molar-refractivity contribution < 1.29 is 4.74 Å². The summed E-state index contributed by atoms with van der Waals surface area (Å²) in [5, 5.41) is 0. The Morgan fingerprint density at radius 3 is 2.56 bits per heavy atom. The van der Waals surface area contributed by atoms with Crippen molar-refractivity contribution in [3.05, 3.63) is 30.1 Å². The fourth-order valence-corrected chi connectivity index (χ4v) is 2.11. The van der Waals surface area contributed by atoms with Gasteiger partial charge in [-0.15, -0.1) is 0 Å². The van der Waals surface area contributed by atoms with Crippen LogP contribution >= 0.6 is 0 Å². The molecule has 0 saturated heterocycles. The first-order chi connectivity index (χ1) is 7.79. The molecule has 1 heterocycles. The quantitative estimate of drug-likeness (QED) is 0.696. The van der Waals surface area contributed by atoms with Gasteiger partial charge in [-0.05, 0) is 31.9 Å². The maximum Gasteiger partial charge on any atom is 0.110 e. The largest absolute Gasteiger partial charge is 0.369 e. The van der Waals surface area contributed by atoms with E-state index in [9.17, 15) is 0 Å². The van der Waals surface area contributed by atoms with Gasteiger partial charge < -0.3 is 4.74 Å². The van der Waals surface area contributed by atoms with Crippen LogP contribution < -0.4 is 0 Å². The number of unbranched alkanes of at least 4 members (excludes halogenated alkanes) is 1. The number of hydrogen-bond donors (Lipinski definition) is 0. The third-order valence-corrected chi connectivity index (χ3v) is 3.06. The fourth-order valence-electron chi connectivity index (χ4n) is 2.11. The van der Waals surface area contributed by atoms with E-state index in [0.29, 0.717) is 0 Å². The Labute approximate surface area is 99.0 Å². The topological polar surface area (TPSA) is 22.1 Å². The van der Waals surface area contributed by atoms with Crippen molar-refractivity contribution in [2.45, 2.75) is 52.1 Å². The number of nitrogens with zero attached hydrogens (tertiary/aromatic N) is 1. The second-order valence-electron chi connectivity index (χ2n) is 4.10. The van der Waals surface area contributed by atoms with E-state index in [1.807, 2.05) is 18.3 Å². The van der Waals surface area contributed by atoms with Crippen LogP contribution in [-0.4, -0.2) is 11.6 Å². The van der Waals surface area contributed by atoms with Crippen molar-refractivity contribution >= 4 is 0 Å². The third kappa shape index (κ3) is 3.05. The highest BCUT2D eigenvalue weighted by Gasteiger charge is 2.31. The van der Waals surface area contributed by atoms with Gasteiger partial charge in [0.05, 0.1) is 5.69 Å². The Morgan fingerprint density at radius 1 is 1.25 bits per heavy atom. The van der Waals surface area contributed by atoms with Gasteiger partial charge in [-0.3, -0.25) is 4.98 Å². The van der Waals surface area contributed by atoms with E-state index in [-0.39, 0.29) is 5.60 Å². The van der Waals surface area contributed by atoms with Gasteiger partial charge >= 0.3 is 0 Å². The van der Waals surface area contributed by atoms with Crippen LogP contribution in [0.3, 0.4) is 0 Å².